The maximum atomic E-state index is 13.3. The molecule has 13 nitrogen and oxygen atoms in total. The van der Waals surface area contributed by atoms with Gasteiger partial charge in [0.25, 0.3) is 14.1 Å². The third-order valence-corrected chi connectivity index (χ3v) is 12.1. The number of ether oxygens (including phenoxy) is 5. The van der Waals surface area contributed by atoms with Crippen molar-refractivity contribution >= 4 is 8.53 Å². The molecule has 0 radical (unpaired) electrons. The lowest BCUT2D eigenvalue weighted by Crippen LogP contribution is -2.49. The van der Waals surface area contributed by atoms with E-state index in [0.717, 1.165) is 16.7 Å². The number of aromatic nitrogens is 2. The second kappa shape index (κ2) is 17.2. The van der Waals surface area contributed by atoms with Crippen LogP contribution in [0.3, 0.4) is 0 Å². The fraction of sp³-hybridized carbons (Fsp3) is 0.439. The third-order valence-electron chi connectivity index (χ3n) is 9.97. The Balaban J connectivity index is 1.49. The molecule has 5 atom stereocenters. The van der Waals surface area contributed by atoms with Gasteiger partial charge < -0.3 is 32.7 Å². The topological polar surface area (TPSA) is 147 Å². The number of H-pyrrole nitrogens is 1. The van der Waals surface area contributed by atoms with Crippen molar-refractivity contribution in [2.75, 3.05) is 34.0 Å². The normalized spacial score (nSPS) is 21.3. The lowest BCUT2D eigenvalue weighted by Gasteiger charge is -2.41. The lowest BCUT2D eigenvalue weighted by atomic mass is 9.79. The SMILES string of the molecule is COc1ccc(C(OC[C@@]23CO[C@@H]([C@H](n4cc(C)c(=O)[nH]c4=O)O2)[C@H]3OP(OCCC#N)N(C(C)C)C(C)C)(c2ccccc2)c2ccc(OC)cc2)cc1. The average molecular weight is 773 g/mol. The summed E-state index contributed by atoms with van der Waals surface area (Å²) in [5.74, 6) is 1.38. The van der Waals surface area contributed by atoms with E-state index in [4.69, 9.17) is 32.7 Å². The molecule has 1 N–H and O–H groups in total. The van der Waals surface area contributed by atoms with Gasteiger partial charge in [-0.05, 0) is 75.6 Å². The van der Waals surface area contributed by atoms with E-state index in [2.05, 4.69) is 43.4 Å². The molecule has 6 rings (SSSR count). The number of nitriles is 1. The number of benzene rings is 3. The molecule has 4 aromatic rings. The van der Waals surface area contributed by atoms with E-state index in [0.29, 0.717) is 17.1 Å². The Hall–Kier alpha value is -4.38. The molecule has 3 heterocycles. The lowest BCUT2D eigenvalue weighted by molar-refractivity contribution is -0.203. The molecule has 1 aromatic heterocycles. The standard InChI is InChI=1S/C41H49N4O9P/c1-27(2)45(28(3)4)55(52-23-11-22-42)54-36-35-38(44-24-29(5)37(46)43-39(44)47)53-40(36,25-50-35)26-51-41(30-12-9-8-10-13-30,31-14-18-33(48-6)19-15-31)32-16-20-34(49-7)21-17-32/h8-10,12-21,24,27-28,35-36,38H,11,23,25-26H2,1-7H3,(H,43,46,47)/t35-,36-,38-,40-,55?/m1/s1. The molecule has 55 heavy (non-hydrogen) atoms. The van der Waals surface area contributed by atoms with Crippen LogP contribution in [0.15, 0.2) is 94.6 Å². The van der Waals surface area contributed by atoms with Crippen LogP contribution < -0.4 is 20.7 Å². The number of hydrogen-bond acceptors (Lipinski definition) is 11. The second-order valence-corrected chi connectivity index (χ2v) is 15.6. The first-order chi connectivity index (χ1) is 26.5. The van der Waals surface area contributed by atoms with Crippen LogP contribution in [-0.2, 0) is 28.9 Å². The minimum Gasteiger partial charge on any atom is -0.497 e. The number of nitrogens with zero attached hydrogens (tertiary/aromatic N) is 3. The number of fused-ring (bicyclic) bond motifs is 2. The molecular formula is C41H49N4O9P. The molecule has 0 amide bonds. The summed E-state index contributed by atoms with van der Waals surface area (Å²) >= 11 is 0. The van der Waals surface area contributed by atoms with E-state index in [1.807, 2.05) is 78.9 Å². The van der Waals surface area contributed by atoms with Crippen LogP contribution >= 0.6 is 8.53 Å². The van der Waals surface area contributed by atoms with Crippen LogP contribution in [0.1, 0.15) is 62.6 Å². The highest BCUT2D eigenvalue weighted by molar-refractivity contribution is 7.44. The molecule has 3 aromatic carbocycles. The van der Waals surface area contributed by atoms with Gasteiger partial charge in [-0.2, -0.15) is 5.26 Å². The summed E-state index contributed by atoms with van der Waals surface area (Å²) in [4.78, 5) is 28.2. The number of methoxy groups -OCH3 is 2. The Morgan fingerprint density at radius 2 is 1.53 bits per heavy atom. The van der Waals surface area contributed by atoms with Gasteiger partial charge in [-0.1, -0.05) is 54.6 Å². The molecule has 0 saturated carbocycles. The molecule has 2 aliphatic heterocycles. The molecule has 0 spiro atoms. The average Bonchev–Trinajstić information content (AvgIpc) is 3.68. The summed E-state index contributed by atoms with van der Waals surface area (Å²) < 4.78 is 48.7. The zero-order valence-electron chi connectivity index (χ0n) is 32.3. The maximum Gasteiger partial charge on any atom is 0.330 e. The summed E-state index contributed by atoms with van der Waals surface area (Å²) in [7, 11) is 1.48. The van der Waals surface area contributed by atoms with Crippen molar-refractivity contribution in [1.82, 2.24) is 14.2 Å². The van der Waals surface area contributed by atoms with Crippen LogP contribution in [0.25, 0.3) is 0 Å². The van der Waals surface area contributed by atoms with E-state index in [1.165, 1.54) is 10.8 Å². The second-order valence-electron chi connectivity index (χ2n) is 14.2. The van der Waals surface area contributed by atoms with Crippen molar-refractivity contribution in [3.63, 3.8) is 0 Å². The van der Waals surface area contributed by atoms with Gasteiger partial charge in [0.15, 0.2) is 6.23 Å². The van der Waals surface area contributed by atoms with Crippen molar-refractivity contribution in [1.29, 1.82) is 5.26 Å². The predicted octanol–water partition coefficient (Wildman–Crippen LogP) is 6.20. The Morgan fingerprint density at radius 3 is 2.07 bits per heavy atom. The number of hydrogen-bond donors (Lipinski definition) is 1. The zero-order chi connectivity index (χ0) is 39.3. The van der Waals surface area contributed by atoms with Gasteiger partial charge in [-0.15, -0.1) is 0 Å². The first kappa shape index (κ1) is 40.3. The molecule has 1 unspecified atom stereocenters. The number of nitrogens with one attached hydrogen (secondary N) is 1. The largest absolute Gasteiger partial charge is 0.497 e. The fourth-order valence-electron chi connectivity index (χ4n) is 7.35. The summed E-state index contributed by atoms with van der Waals surface area (Å²) in [6, 6.07) is 27.6. The molecule has 2 aliphatic rings. The Labute approximate surface area is 322 Å². The Kier molecular flexibility index (Phi) is 12.6. The molecule has 2 bridgehead atoms. The number of rotatable bonds is 17. The molecule has 2 fully saturated rings. The van der Waals surface area contributed by atoms with Crippen LogP contribution in [0, 0.1) is 18.3 Å². The molecule has 2 saturated heterocycles. The van der Waals surface area contributed by atoms with E-state index in [9.17, 15) is 14.9 Å². The molecule has 292 valence electrons. The number of aromatic amines is 1. The molecule has 14 heteroatoms. The van der Waals surface area contributed by atoms with E-state index in [1.54, 1.807) is 21.1 Å². The first-order valence-corrected chi connectivity index (χ1v) is 19.5. The van der Waals surface area contributed by atoms with Crippen molar-refractivity contribution in [2.45, 2.75) is 82.8 Å². The molecule has 0 aliphatic carbocycles. The van der Waals surface area contributed by atoms with Gasteiger partial charge >= 0.3 is 5.69 Å². The van der Waals surface area contributed by atoms with Gasteiger partial charge in [0, 0.05) is 23.8 Å². The van der Waals surface area contributed by atoms with Gasteiger partial charge in [-0.25, -0.2) is 9.46 Å². The van der Waals surface area contributed by atoms with E-state index < -0.39 is 49.4 Å². The third kappa shape index (κ3) is 8.00. The van der Waals surface area contributed by atoms with Crippen LogP contribution in [-0.4, -0.2) is 78.2 Å². The molecular weight excluding hydrogens is 723 g/mol. The van der Waals surface area contributed by atoms with Gasteiger partial charge in [0.2, 0.25) is 0 Å². The van der Waals surface area contributed by atoms with Crippen molar-refractivity contribution in [2.24, 2.45) is 0 Å². The quantitative estimate of drug-likeness (QED) is 0.0744. The van der Waals surface area contributed by atoms with E-state index in [-0.39, 0.29) is 38.3 Å². The maximum absolute atomic E-state index is 13.3. The van der Waals surface area contributed by atoms with Gasteiger partial charge in [0.05, 0.1) is 46.5 Å². The monoisotopic (exact) mass is 772 g/mol. The minimum absolute atomic E-state index is 0.0254. The van der Waals surface area contributed by atoms with Crippen molar-refractivity contribution in [3.8, 4) is 17.6 Å². The zero-order valence-corrected chi connectivity index (χ0v) is 33.2. The summed E-state index contributed by atoms with van der Waals surface area (Å²) in [5, 5.41) is 9.37. The highest BCUT2D eigenvalue weighted by atomic mass is 31.2. The fourth-order valence-corrected chi connectivity index (χ4v) is 9.16. The van der Waals surface area contributed by atoms with E-state index >= 15 is 0 Å². The van der Waals surface area contributed by atoms with Gasteiger partial charge in [0.1, 0.15) is 34.9 Å². The first-order valence-electron chi connectivity index (χ1n) is 18.3. The summed E-state index contributed by atoms with van der Waals surface area (Å²) in [6.07, 6.45) is -0.901. The Morgan fingerprint density at radius 1 is 0.945 bits per heavy atom. The highest BCUT2D eigenvalue weighted by Gasteiger charge is 2.65. The summed E-state index contributed by atoms with van der Waals surface area (Å²) in [6.45, 7) is 10.1. The smallest absolute Gasteiger partial charge is 0.330 e. The summed E-state index contributed by atoms with van der Waals surface area (Å²) in [5.41, 5.74) is -0.751. The van der Waals surface area contributed by atoms with Crippen LogP contribution in [0.5, 0.6) is 11.5 Å². The van der Waals surface area contributed by atoms with Gasteiger partial charge in [-0.3, -0.25) is 14.3 Å². The predicted molar refractivity (Wildman–Crippen MR) is 207 cm³/mol. The van der Waals surface area contributed by atoms with Crippen LogP contribution in [0.2, 0.25) is 0 Å². The Bertz CT molecular complexity index is 1990. The van der Waals surface area contributed by atoms with Crippen LogP contribution in [0.4, 0.5) is 0 Å². The van der Waals surface area contributed by atoms with Crippen molar-refractivity contribution in [3.05, 3.63) is 128 Å². The van der Waals surface area contributed by atoms with Crippen molar-refractivity contribution < 1.29 is 32.7 Å². The minimum atomic E-state index is -1.77. The number of aryl methyl sites for hydroxylation is 1. The highest BCUT2D eigenvalue weighted by Crippen LogP contribution is 2.56.